The van der Waals surface area contributed by atoms with Crippen molar-refractivity contribution in [3.63, 3.8) is 0 Å². The molecule has 3 aromatic rings. The van der Waals surface area contributed by atoms with Crippen molar-refractivity contribution in [3.05, 3.63) is 24.3 Å². The van der Waals surface area contributed by atoms with Crippen molar-refractivity contribution in [2.45, 2.75) is 4.34 Å². The van der Waals surface area contributed by atoms with Crippen LogP contribution in [-0.2, 0) is 0 Å². The number of thiazole rings is 1. The summed E-state index contributed by atoms with van der Waals surface area (Å²) in [6.45, 7) is 0. The molecule has 0 unspecified atom stereocenters. The third-order valence-electron chi connectivity index (χ3n) is 2.09. The highest BCUT2D eigenvalue weighted by molar-refractivity contribution is 8.00. The Hall–Kier alpha value is -1.00. The van der Waals surface area contributed by atoms with E-state index in [0.717, 1.165) is 20.3 Å². The molecular formula is C10H7NOS2. The lowest BCUT2D eigenvalue weighted by molar-refractivity contribution is 0.653. The molecule has 0 bridgehead atoms. The monoisotopic (exact) mass is 221 g/mol. The van der Waals surface area contributed by atoms with E-state index in [9.17, 15) is 0 Å². The Kier molecular flexibility index (Phi) is 1.78. The number of aromatic nitrogens is 1. The fourth-order valence-corrected chi connectivity index (χ4v) is 2.98. The first-order valence-electron chi connectivity index (χ1n) is 4.20. The van der Waals surface area contributed by atoms with E-state index in [1.54, 1.807) is 23.1 Å². The fraction of sp³-hybridized carbons (Fsp3) is 0.100. The highest BCUT2D eigenvalue weighted by atomic mass is 32.2. The largest absolute Gasteiger partial charge is 0.437 e. The third kappa shape index (κ3) is 1.07. The van der Waals surface area contributed by atoms with Crippen LogP contribution < -0.4 is 0 Å². The topological polar surface area (TPSA) is 26.0 Å². The molecule has 0 radical (unpaired) electrons. The van der Waals surface area contributed by atoms with Gasteiger partial charge in [0.1, 0.15) is 10.3 Å². The van der Waals surface area contributed by atoms with Crippen molar-refractivity contribution in [2.24, 2.45) is 0 Å². The SMILES string of the molecule is CSc1nc2oc3ccccc3c2s1. The molecule has 3 rings (SSSR count). The number of benzene rings is 1. The predicted octanol–water partition coefficient (Wildman–Crippen LogP) is 3.76. The fourth-order valence-electron chi connectivity index (χ4n) is 1.46. The molecule has 0 aliphatic carbocycles. The summed E-state index contributed by atoms with van der Waals surface area (Å²) in [5.41, 5.74) is 1.69. The predicted molar refractivity (Wildman–Crippen MR) is 61.2 cm³/mol. The summed E-state index contributed by atoms with van der Waals surface area (Å²) in [5.74, 6) is 0. The summed E-state index contributed by atoms with van der Waals surface area (Å²) in [5, 5.41) is 1.17. The highest BCUT2D eigenvalue weighted by Crippen LogP contribution is 2.35. The van der Waals surface area contributed by atoms with Gasteiger partial charge in [-0.3, -0.25) is 0 Å². The molecule has 14 heavy (non-hydrogen) atoms. The summed E-state index contributed by atoms with van der Waals surface area (Å²) >= 11 is 3.35. The average Bonchev–Trinajstić information content (AvgIpc) is 2.73. The van der Waals surface area contributed by atoms with Crippen LogP contribution in [0.2, 0.25) is 0 Å². The Morgan fingerprint density at radius 2 is 2.21 bits per heavy atom. The van der Waals surface area contributed by atoms with Crippen molar-refractivity contribution in [1.29, 1.82) is 0 Å². The number of hydrogen-bond acceptors (Lipinski definition) is 4. The van der Waals surface area contributed by atoms with Crippen LogP contribution in [-0.4, -0.2) is 11.2 Å². The first kappa shape index (κ1) is 8.32. The van der Waals surface area contributed by atoms with Crippen LogP contribution in [0, 0.1) is 0 Å². The van der Waals surface area contributed by atoms with Crippen LogP contribution in [0.15, 0.2) is 33.0 Å². The lowest BCUT2D eigenvalue weighted by Crippen LogP contribution is -1.62. The lowest BCUT2D eigenvalue weighted by Gasteiger charge is -1.85. The summed E-state index contributed by atoms with van der Waals surface area (Å²) < 4.78 is 7.84. The van der Waals surface area contributed by atoms with Gasteiger partial charge in [0.15, 0.2) is 4.34 Å². The molecule has 0 spiro atoms. The van der Waals surface area contributed by atoms with Crippen LogP contribution in [0.25, 0.3) is 21.4 Å². The molecule has 2 heterocycles. The Bertz CT molecular complexity index is 596. The Labute approximate surface area is 88.9 Å². The molecule has 0 N–H and O–H groups in total. The average molecular weight is 221 g/mol. The molecule has 0 aliphatic rings. The minimum absolute atomic E-state index is 0.764. The zero-order valence-electron chi connectivity index (χ0n) is 7.48. The van der Waals surface area contributed by atoms with Crippen molar-refractivity contribution >= 4 is 44.5 Å². The van der Waals surface area contributed by atoms with Gasteiger partial charge in [0.2, 0.25) is 5.71 Å². The van der Waals surface area contributed by atoms with Gasteiger partial charge in [-0.25, -0.2) is 0 Å². The van der Waals surface area contributed by atoms with E-state index in [1.807, 2.05) is 24.5 Å². The van der Waals surface area contributed by atoms with Gasteiger partial charge in [0.05, 0.1) is 0 Å². The maximum absolute atomic E-state index is 5.62. The van der Waals surface area contributed by atoms with E-state index in [-0.39, 0.29) is 0 Å². The van der Waals surface area contributed by atoms with Gasteiger partial charge < -0.3 is 4.42 Å². The van der Waals surface area contributed by atoms with Gasteiger partial charge in [0, 0.05) is 5.39 Å². The maximum atomic E-state index is 5.62. The van der Waals surface area contributed by atoms with E-state index >= 15 is 0 Å². The number of thioether (sulfide) groups is 1. The zero-order chi connectivity index (χ0) is 9.54. The van der Waals surface area contributed by atoms with E-state index < -0.39 is 0 Å². The second-order valence-corrected chi connectivity index (χ2v) is 4.97. The van der Waals surface area contributed by atoms with Gasteiger partial charge in [-0.1, -0.05) is 23.9 Å². The molecule has 0 saturated heterocycles. The molecule has 0 fully saturated rings. The maximum Gasteiger partial charge on any atom is 0.239 e. The Morgan fingerprint density at radius 3 is 3.07 bits per heavy atom. The normalized spacial score (nSPS) is 11.5. The van der Waals surface area contributed by atoms with Crippen LogP contribution in [0.5, 0.6) is 0 Å². The molecule has 70 valence electrons. The number of nitrogens with zero attached hydrogens (tertiary/aromatic N) is 1. The van der Waals surface area contributed by atoms with Crippen LogP contribution in [0.1, 0.15) is 0 Å². The van der Waals surface area contributed by atoms with Gasteiger partial charge in [-0.15, -0.1) is 11.3 Å². The minimum atomic E-state index is 0.764. The number of fused-ring (bicyclic) bond motifs is 3. The van der Waals surface area contributed by atoms with Crippen LogP contribution in [0.3, 0.4) is 0 Å². The van der Waals surface area contributed by atoms with E-state index in [0.29, 0.717) is 0 Å². The number of rotatable bonds is 1. The third-order valence-corrected chi connectivity index (χ3v) is 4.14. The quantitative estimate of drug-likeness (QED) is 0.585. The zero-order valence-corrected chi connectivity index (χ0v) is 9.11. The number of furan rings is 1. The summed E-state index contributed by atoms with van der Waals surface area (Å²) in [4.78, 5) is 4.38. The molecule has 0 atom stereocenters. The molecule has 2 nitrogen and oxygen atoms in total. The standard InChI is InChI=1S/C10H7NOS2/c1-13-10-11-9-8(14-10)6-4-2-3-5-7(6)12-9/h2-5H,1H3. The lowest BCUT2D eigenvalue weighted by atomic mass is 10.3. The summed E-state index contributed by atoms with van der Waals surface area (Å²) in [7, 11) is 0. The molecule has 0 amide bonds. The van der Waals surface area contributed by atoms with Gasteiger partial charge in [-0.2, -0.15) is 4.98 Å². The first-order chi connectivity index (χ1) is 6.88. The van der Waals surface area contributed by atoms with E-state index in [1.165, 1.54) is 5.39 Å². The van der Waals surface area contributed by atoms with Gasteiger partial charge >= 0.3 is 0 Å². The van der Waals surface area contributed by atoms with Crippen molar-refractivity contribution < 1.29 is 4.42 Å². The highest BCUT2D eigenvalue weighted by Gasteiger charge is 2.11. The molecule has 2 aromatic heterocycles. The Balaban J connectivity index is 2.45. The second-order valence-electron chi connectivity index (χ2n) is 2.92. The molecular weight excluding hydrogens is 214 g/mol. The van der Waals surface area contributed by atoms with Crippen molar-refractivity contribution in [3.8, 4) is 0 Å². The van der Waals surface area contributed by atoms with Crippen LogP contribution in [0.4, 0.5) is 0 Å². The molecule has 4 heteroatoms. The molecule has 0 saturated carbocycles. The number of para-hydroxylation sites is 1. The summed E-state index contributed by atoms with van der Waals surface area (Å²) in [6.07, 6.45) is 2.03. The van der Waals surface area contributed by atoms with Gasteiger partial charge in [0.25, 0.3) is 0 Å². The Morgan fingerprint density at radius 1 is 1.36 bits per heavy atom. The smallest absolute Gasteiger partial charge is 0.239 e. The van der Waals surface area contributed by atoms with Crippen molar-refractivity contribution in [2.75, 3.05) is 6.26 Å². The minimum Gasteiger partial charge on any atom is -0.437 e. The van der Waals surface area contributed by atoms with Gasteiger partial charge in [-0.05, 0) is 18.4 Å². The molecule has 1 aromatic carbocycles. The summed E-state index contributed by atoms with van der Waals surface area (Å²) in [6, 6.07) is 8.05. The van der Waals surface area contributed by atoms with Crippen molar-refractivity contribution in [1.82, 2.24) is 4.98 Å². The molecule has 0 aliphatic heterocycles. The number of hydrogen-bond donors (Lipinski definition) is 0. The van der Waals surface area contributed by atoms with E-state index in [4.69, 9.17) is 4.42 Å². The van der Waals surface area contributed by atoms with E-state index in [2.05, 4.69) is 11.1 Å². The van der Waals surface area contributed by atoms with Crippen LogP contribution >= 0.6 is 23.1 Å². The second kappa shape index (κ2) is 3.00. The first-order valence-corrected chi connectivity index (χ1v) is 6.24.